The SMILES string of the molecule is C/C(=C\P(c1ccccc1)c1ccccc1)c1ccccc1. The molecule has 0 aromatic heterocycles. The molecular formula is C21H19P. The Kier molecular flexibility index (Phi) is 4.83. The van der Waals surface area contributed by atoms with Crippen LogP contribution in [0.1, 0.15) is 12.5 Å². The van der Waals surface area contributed by atoms with Crippen LogP contribution < -0.4 is 10.6 Å². The van der Waals surface area contributed by atoms with Gasteiger partial charge in [-0.25, -0.2) is 0 Å². The molecule has 0 atom stereocenters. The summed E-state index contributed by atoms with van der Waals surface area (Å²) in [5.74, 6) is 2.43. The molecule has 22 heavy (non-hydrogen) atoms. The van der Waals surface area contributed by atoms with Crippen LogP contribution in [0, 0.1) is 0 Å². The van der Waals surface area contributed by atoms with Gasteiger partial charge >= 0.3 is 0 Å². The lowest BCUT2D eigenvalue weighted by Gasteiger charge is -2.16. The molecule has 0 heterocycles. The summed E-state index contributed by atoms with van der Waals surface area (Å²) in [6, 6.07) is 32.2. The molecule has 0 saturated heterocycles. The highest BCUT2D eigenvalue weighted by atomic mass is 31.1. The summed E-state index contributed by atoms with van der Waals surface area (Å²) >= 11 is 0. The van der Waals surface area contributed by atoms with Gasteiger partial charge in [0, 0.05) is 0 Å². The second kappa shape index (κ2) is 7.20. The highest BCUT2D eigenvalue weighted by Gasteiger charge is 2.11. The highest BCUT2D eigenvalue weighted by Crippen LogP contribution is 2.38. The van der Waals surface area contributed by atoms with Gasteiger partial charge in [0.2, 0.25) is 0 Å². The Morgan fingerprint density at radius 1 is 0.636 bits per heavy atom. The maximum atomic E-state index is 2.43. The maximum absolute atomic E-state index is 2.43. The summed E-state index contributed by atoms with van der Waals surface area (Å²) in [6.45, 7) is 2.20. The van der Waals surface area contributed by atoms with E-state index in [1.54, 1.807) is 0 Å². The number of hydrogen-bond donors (Lipinski definition) is 0. The van der Waals surface area contributed by atoms with E-state index in [2.05, 4.69) is 104 Å². The van der Waals surface area contributed by atoms with Crippen LogP contribution in [0.15, 0.2) is 96.8 Å². The third kappa shape index (κ3) is 3.53. The van der Waals surface area contributed by atoms with Crippen molar-refractivity contribution in [2.75, 3.05) is 0 Å². The van der Waals surface area contributed by atoms with Crippen LogP contribution in [0.5, 0.6) is 0 Å². The Bertz CT molecular complexity index is 691. The number of rotatable bonds is 4. The highest BCUT2D eigenvalue weighted by molar-refractivity contribution is 7.76. The molecule has 3 aromatic rings. The van der Waals surface area contributed by atoms with Gasteiger partial charge < -0.3 is 0 Å². The van der Waals surface area contributed by atoms with Crippen molar-refractivity contribution in [2.24, 2.45) is 0 Å². The quantitative estimate of drug-likeness (QED) is 0.582. The van der Waals surface area contributed by atoms with Gasteiger partial charge in [0.15, 0.2) is 0 Å². The second-order valence-corrected chi connectivity index (χ2v) is 7.25. The van der Waals surface area contributed by atoms with Gasteiger partial charge in [-0.3, -0.25) is 0 Å². The summed E-state index contributed by atoms with van der Waals surface area (Å²) in [4.78, 5) is 0. The van der Waals surface area contributed by atoms with Gasteiger partial charge in [0.25, 0.3) is 0 Å². The molecule has 3 aromatic carbocycles. The summed E-state index contributed by atoms with van der Waals surface area (Å²) in [7, 11) is -0.476. The first-order valence-corrected chi connectivity index (χ1v) is 8.89. The molecule has 0 radical (unpaired) electrons. The molecule has 0 nitrogen and oxygen atoms in total. The molecule has 108 valence electrons. The number of allylic oxidation sites excluding steroid dienone is 1. The van der Waals surface area contributed by atoms with E-state index in [-0.39, 0.29) is 0 Å². The molecule has 0 fully saturated rings. The van der Waals surface area contributed by atoms with Crippen molar-refractivity contribution in [3.63, 3.8) is 0 Å². The number of benzene rings is 3. The lowest BCUT2D eigenvalue weighted by Crippen LogP contribution is -2.09. The van der Waals surface area contributed by atoms with Crippen LogP contribution in [0.2, 0.25) is 0 Å². The van der Waals surface area contributed by atoms with Crippen LogP contribution in [-0.2, 0) is 0 Å². The molecule has 0 amide bonds. The molecule has 0 aliphatic carbocycles. The molecule has 0 unspecified atom stereocenters. The monoisotopic (exact) mass is 302 g/mol. The first-order valence-electron chi connectivity index (χ1n) is 7.48. The average Bonchev–Trinajstić information content (AvgIpc) is 2.62. The van der Waals surface area contributed by atoms with Crippen molar-refractivity contribution in [1.29, 1.82) is 0 Å². The van der Waals surface area contributed by atoms with E-state index in [4.69, 9.17) is 0 Å². The van der Waals surface area contributed by atoms with Crippen molar-refractivity contribution in [2.45, 2.75) is 6.92 Å². The van der Waals surface area contributed by atoms with Crippen molar-refractivity contribution in [3.05, 3.63) is 102 Å². The summed E-state index contributed by atoms with van der Waals surface area (Å²) in [5, 5.41) is 2.78. The smallest absolute Gasteiger partial charge is 0.0157 e. The van der Waals surface area contributed by atoms with Crippen LogP contribution in [0.4, 0.5) is 0 Å². The lowest BCUT2D eigenvalue weighted by molar-refractivity contribution is 1.58. The van der Waals surface area contributed by atoms with Crippen molar-refractivity contribution in [1.82, 2.24) is 0 Å². The lowest BCUT2D eigenvalue weighted by atomic mass is 10.1. The first-order chi connectivity index (χ1) is 10.8. The molecule has 0 spiro atoms. The van der Waals surface area contributed by atoms with Crippen molar-refractivity contribution in [3.8, 4) is 0 Å². The molecule has 1 heteroatoms. The van der Waals surface area contributed by atoms with Gasteiger partial charge in [0.1, 0.15) is 0 Å². The van der Waals surface area contributed by atoms with Gasteiger partial charge in [-0.15, -0.1) is 0 Å². The second-order valence-electron chi connectivity index (χ2n) is 5.22. The third-order valence-corrected chi connectivity index (χ3v) is 5.98. The molecular weight excluding hydrogens is 283 g/mol. The molecule has 0 bridgehead atoms. The molecule has 0 aliphatic heterocycles. The van der Waals surface area contributed by atoms with Crippen molar-refractivity contribution >= 4 is 24.1 Å². The minimum atomic E-state index is -0.476. The standard InChI is InChI=1S/C21H19P/c1-18(19-11-5-2-6-12-19)17-22(20-13-7-3-8-14-20)21-15-9-4-10-16-21/h2-17H,1H3/b18-17+. The van der Waals surface area contributed by atoms with E-state index >= 15 is 0 Å². The summed E-state index contributed by atoms with van der Waals surface area (Å²) in [6.07, 6.45) is 0. The molecule has 3 rings (SSSR count). The normalized spacial score (nSPS) is 11.6. The number of hydrogen-bond acceptors (Lipinski definition) is 0. The zero-order chi connectivity index (χ0) is 15.2. The van der Waals surface area contributed by atoms with Gasteiger partial charge in [-0.2, -0.15) is 0 Å². The fourth-order valence-electron chi connectivity index (χ4n) is 2.44. The minimum absolute atomic E-state index is 0.476. The van der Waals surface area contributed by atoms with Gasteiger partial charge in [0.05, 0.1) is 0 Å². The predicted molar refractivity (Wildman–Crippen MR) is 99.2 cm³/mol. The van der Waals surface area contributed by atoms with Crippen LogP contribution in [-0.4, -0.2) is 0 Å². The van der Waals surface area contributed by atoms with Crippen LogP contribution in [0.3, 0.4) is 0 Å². The van der Waals surface area contributed by atoms with Crippen LogP contribution in [0.25, 0.3) is 5.57 Å². The Morgan fingerprint density at radius 2 is 1.05 bits per heavy atom. The van der Waals surface area contributed by atoms with E-state index in [0.29, 0.717) is 0 Å². The molecule has 0 N–H and O–H groups in total. The van der Waals surface area contributed by atoms with Gasteiger partial charge in [-0.05, 0) is 42.4 Å². The minimum Gasteiger partial charge on any atom is -0.0622 e. The van der Waals surface area contributed by atoms with Crippen molar-refractivity contribution < 1.29 is 0 Å². The first kappa shape index (κ1) is 14.8. The fraction of sp³-hybridized carbons (Fsp3) is 0.0476. The zero-order valence-electron chi connectivity index (χ0n) is 12.7. The van der Waals surface area contributed by atoms with Crippen LogP contribution >= 0.6 is 7.92 Å². The Labute approximate surface area is 133 Å². The Balaban J connectivity index is 2.03. The van der Waals surface area contributed by atoms with E-state index in [1.807, 2.05) is 0 Å². The summed E-state index contributed by atoms with van der Waals surface area (Å²) in [5.41, 5.74) is 2.63. The topological polar surface area (TPSA) is 0 Å². The maximum Gasteiger partial charge on any atom is -0.0157 e. The largest absolute Gasteiger partial charge is 0.0622 e. The van der Waals surface area contributed by atoms with E-state index < -0.39 is 7.92 Å². The third-order valence-electron chi connectivity index (χ3n) is 3.62. The molecule has 0 aliphatic rings. The van der Waals surface area contributed by atoms with Gasteiger partial charge in [-0.1, -0.05) is 91.0 Å². The van der Waals surface area contributed by atoms with E-state index in [9.17, 15) is 0 Å². The Hall–Kier alpha value is -2.17. The molecule has 0 saturated carbocycles. The average molecular weight is 302 g/mol. The van der Waals surface area contributed by atoms with E-state index in [1.165, 1.54) is 21.7 Å². The summed E-state index contributed by atoms with van der Waals surface area (Å²) < 4.78 is 0. The van der Waals surface area contributed by atoms with E-state index in [0.717, 1.165) is 0 Å². The fourth-order valence-corrected chi connectivity index (χ4v) is 4.56. The Morgan fingerprint density at radius 3 is 1.50 bits per heavy atom. The predicted octanol–water partition coefficient (Wildman–Crippen LogP) is 5.18. The zero-order valence-corrected chi connectivity index (χ0v) is 13.6.